The predicted molar refractivity (Wildman–Crippen MR) is 113 cm³/mol. The maximum absolute atomic E-state index is 11.4. The van der Waals surface area contributed by atoms with Gasteiger partial charge in [0.05, 0.1) is 12.7 Å². The average molecular weight is 402 g/mol. The summed E-state index contributed by atoms with van der Waals surface area (Å²) in [6.07, 6.45) is 13.0. The van der Waals surface area contributed by atoms with E-state index < -0.39 is 0 Å². The molecule has 3 saturated carbocycles. The fraction of sp³-hybridized carbons (Fsp3) is 0.880. The van der Waals surface area contributed by atoms with Crippen LogP contribution in [0.25, 0.3) is 0 Å². The zero-order valence-corrected chi connectivity index (χ0v) is 18.8. The van der Waals surface area contributed by atoms with Gasteiger partial charge in [0.25, 0.3) is 0 Å². The number of carbonyl (C=O) groups excluding carboxylic acids is 1. The number of likely N-dealkylation sites (N-methyl/N-ethyl adjacent to an activating group) is 1. The molecule has 0 aromatic carbocycles. The van der Waals surface area contributed by atoms with Crippen molar-refractivity contribution in [1.29, 1.82) is 0 Å². The van der Waals surface area contributed by atoms with E-state index in [1.54, 1.807) is 12.5 Å². The van der Waals surface area contributed by atoms with Crippen LogP contribution in [-0.4, -0.2) is 50.3 Å². The van der Waals surface area contributed by atoms with E-state index in [1.807, 2.05) is 0 Å². The Kier molecular flexibility index (Phi) is 4.90. The molecule has 5 rings (SSSR count). The number of hydrogen-bond acceptors (Lipinski definition) is 4. The zero-order chi connectivity index (χ0) is 20.4. The smallest absolute Gasteiger partial charge is 0.302 e. The van der Waals surface area contributed by atoms with Crippen LogP contribution in [0.15, 0.2) is 11.6 Å². The summed E-state index contributed by atoms with van der Waals surface area (Å²) in [6.45, 7) is 6.16. The minimum absolute atomic E-state index is 0.101. The second-order valence-corrected chi connectivity index (χ2v) is 11.3. The number of nitrogens with zero attached hydrogens (tertiary/aromatic N) is 1. The summed E-state index contributed by atoms with van der Waals surface area (Å²) in [5, 5.41) is 0. The highest BCUT2D eigenvalue weighted by molar-refractivity contribution is 5.66. The van der Waals surface area contributed by atoms with E-state index in [-0.39, 0.29) is 12.1 Å². The van der Waals surface area contributed by atoms with Crippen molar-refractivity contribution in [3.63, 3.8) is 0 Å². The molecule has 1 heterocycles. The molecule has 1 unspecified atom stereocenters. The van der Waals surface area contributed by atoms with Crippen LogP contribution in [-0.2, 0) is 14.3 Å². The lowest BCUT2D eigenvalue weighted by molar-refractivity contribution is -0.148. The molecule has 0 aromatic rings. The highest BCUT2D eigenvalue weighted by atomic mass is 16.5. The van der Waals surface area contributed by atoms with Gasteiger partial charge in [-0.1, -0.05) is 18.6 Å². The highest BCUT2D eigenvalue weighted by Crippen LogP contribution is 2.68. The van der Waals surface area contributed by atoms with Gasteiger partial charge >= 0.3 is 5.97 Å². The van der Waals surface area contributed by atoms with Crippen molar-refractivity contribution in [2.24, 2.45) is 34.5 Å². The second kappa shape index (κ2) is 7.09. The fourth-order valence-electron chi connectivity index (χ4n) is 8.57. The Morgan fingerprint density at radius 2 is 1.97 bits per heavy atom. The van der Waals surface area contributed by atoms with Gasteiger partial charge in [-0.15, -0.1) is 0 Å². The van der Waals surface area contributed by atoms with E-state index in [0.29, 0.717) is 16.9 Å². The molecule has 0 N–H and O–H groups in total. The fourth-order valence-corrected chi connectivity index (χ4v) is 8.57. The van der Waals surface area contributed by atoms with Crippen LogP contribution in [0.4, 0.5) is 0 Å². The van der Waals surface area contributed by atoms with Gasteiger partial charge in [0.1, 0.15) is 6.10 Å². The molecular formula is C25H39NO3. The molecule has 162 valence electrons. The van der Waals surface area contributed by atoms with Gasteiger partial charge in [0.2, 0.25) is 0 Å². The van der Waals surface area contributed by atoms with E-state index in [1.165, 1.54) is 38.5 Å². The minimum atomic E-state index is -0.127. The molecule has 4 aliphatic carbocycles. The number of allylic oxidation sites excluding steroid dienone is 1. The summed E-state index contributed by atoms with van der Waals surface area (Å²) in [5.41, 5.74) is 2.37. The van der Waals surface area contributed by atoms with Crippen LogP contribution in [0.3, 0.4) is 0 Å². The molecule has 0 radical (unpaired) electrons. The van der Waals surface area contributed by atoms with Crippen LogP contribution in [0.2, 0.25) is 0 Å². The first kappa shape index (κ1) is 20.1. The summed E-state index contributed by atoms with van der Waals surface area (Å²) in [5.74, 6) is 3.13. The van der Waals surface area contributed by atoms with E-state index in [9.17, 15) is 4.79 Å². The van der Waals surface area contributed by atoms with Gasteiger partial charge in [-0.05, 0) is 88.1 Å². The molecule has 1 saturated heterocycles. The van der Waals surface area contributed by atoms with Crippen LogP contribution in [0.5, 0.6) is 0 Å². The molecule has 0 bridgehead atoms. The third-order valence-corrected chi connectivity index (χ3v) is 9.73. The number of rotatable bonds is 3. The van der Waals surface area contributed by atoms with E-state index >= 15 is 0 Å². The molecule has 4 heteroatoms. The lowest BCUT2D eigenvalue weighted by atomic mass is 9.47. The average Bonchev–Trinajstić information content (AvgIpc) is 3.18. The summed E-state index contributed by atoms with van der Waals surface area (Å²) < 4.78 is 12.0. The molecule has 29 heavy (non-hydrogen) atoms. The van der Waals surface area contributed by atoms with Gasteiger partial charge in [0.15, 0.2) is 0 Å². The number of carbonyl (C=O) groups is 1. The summed E-state index contributed by atoms with van der Waals surface area (Å²) >= 11 is 0. The third kappa shape index (κ3) is 3.04. The molecule has 0 amide bonds. The van der Waals surface area contributed by atoms with Crippen molar-refractivity contribution >= 4 is 5.97 Å². The molecule has 1 spiro atoms. The number of ether oxygens (including phenoxy) is 2. The topological polar surface area (TPSA) is 38.8 Å². The van der Waals surface area contributed by atoms with Crippen LogP contribution < -0.4 is 0 Å². The van der Waals surface area contributed by atoms with Gasteiger partial charge in [0, 0.05) is 25.3 Å². The molecule has 8 atom stereocenters. The molecule has 4 nitrogen and oxygen atoms in total. The first-order valence-corrected chi connectivity index (χ1v) is 12.0. The minimum Gasteiger partial charge on any atom is -0.462 e. The lowest BCUT2D eigenvalue weighted by Crippen LogP contribution is -2.51. The Labute approximate surface area is 176 Å². The molecule has 4 fully saturated rings. The third-order valence-electron chi connectivity index (χ3n) is 9.73. The van der Waals surface area contributed by atoms with Crippen LogP contribution in [0, 0.1) is 34.5 Å². The van der Waals surface area contributed by atoms with Crippen molar-refractivity contribution in [3.8, 4) is 0 Å². The Morgan fingerprint density at radius 3 is 2.72 bits per heavy atom. The monoisotopic (exact) mass is 401 g/mol. The van der Waals surface area contributed by atoms with Crippen molar-refractivity contribution in [2.45, 2.75) is 77.4 Å². The van der Waals surface area contributed by atoms with Crippen molar-refractivity contribution in [2.75, 3.05) is 27.2 Å². The normalized spacial score (nSPS) is 48.4. The lowest BCUT2D eigenvalue weighted by Gasteiger charge is -2.57. The maximum atomic E-state index is 11.4. The van der Waals surface area contributed by atoms with E-state index in [4.69, 9.17) is 9.47 Å². The van der Waals surface area contributed by atoms with Gasteiger partial charge < -0.3 is 14.4 Å². The quantitative estimate of drug-likeness (QED) is 0.518. The summed E-state index contributed by atoms with van der Waals surface area (Å²) in [7, 11) is 4.36. The van der Waals surface area contributed by atoms with Crippen LogP contribution >= 0.6 is 0 Å². The number of hydrogen-bond donors (Lipinski definition) is 0. The predicted octanol–water partition coefficient (Wildman–Crippen LogP) is 4.44. The molecule has 5 aliphatic rings. The Hall–Kier alpha value is -0.870. The SMILES string of the molecule is CC(=O)O[C@H]1CC[C@@]2(C)C(=CC[C@H]3[C@@H]4CC[C@@H]5C(CN(C)C)OC[C@@]54CC[C@@H]32)C1. The number of esters is 1. The standard InChI is InChI=1S/C25H39NO3/c1-16(27)29-18-9-11-24(2)17(13-18)5-6-19-20(24)10-12-25-15-28-23(14-26(3)4)22(25)8-7-21(19)25/h5,18-23H,6-15H2,1-4H3/t18-,19+,20-,21-,22+,23?,24-,25+/m0/s1. The van der Waals surface area contributed by atoms with Gasteiger partial charge in [-0.2, -0.15) is 0 Å². The summed E-state index contributed by atoms with van der Waals surface area (Å²) in [4.78, 5) is 13.8. The van der Waals surface area contributed by atoms with E-state index in [0.717, 1.165) is 49.7 Å². The van der Waals surface area contributed by atoms with Crippen LogP contribution in [0.1, 0.15) is 65.2 Å². The molecule has 0 aromatic heterocycles. The van der Waals surface area contributed by atoms with Crippen molar-refractivity contribution < 1.29 is 14.3 Å². The molecular weight excluding hydrogens is 362 g/mol. The first-order chi connectivity index (χ1) is 13.8. The highest BCUT2D eigenvalue weighted by Gasteiger charge is 2.64. The largest absolute Gasteiger partial charge is 0.462 e. The van der Waals surface area contributed by atoms with Crippen molar-refractivity contribution in [1.82, 2.24) is 4.90 Å². The zero-order valence-electron chi connectivity index (χ0n) is 18.8. The first-order valence-electron chi connectivity index (χ1n) is 12.0. The van der Waals surface area contributed by atoms with Gasteiger partial charge in [-0.25, -0.2) is 0 Å². The van der Waals surface area contributed by atoms with Gasteiger partial charge in [-0.3, -0.25) is 4.79 Å². The van der Waals surface area contributed by atoms with E-state index in [2.05, 4.69) is 32.0 Å². The Morgan fingerprint density at radius 1 is 1.17 bits per heavy atom. The summed E-state index contributed by atoms with van der Waals surface area (Å²) in [6, 6.07) is 0. The number of fused-ring (bicyclic) bond motifs is 4. The Balaban J connectivity index is 1.37. The Bertz CT molecular complexity index is 702. The maximum Gasteiger partial charge on any atom is 0.302 e. The second-order valence-electron chi connectivity index (χ2n) is 11.3. The molecule has 1 aliphatic heterocycles. The van der Waals surface area contributed by atoms with Crippen molar-refractivity contribution in [3.05, 3.63) is 11.6 Å².